The molecule has 4 heteroatoms. The summed E-state index contributed by atoms with van der Waals surface area (Å²) >= 11 is 0. The number of carbonyl (C=O) groups excluding carboxylic acids is 1. The first-order valence-corrected chi connectivity index (χ1v) is 8.77. The van der Waals surface area contributed by atoms with Crippen molar-refractivity contribution in [2.75, 3.05) is 26.2 Å². The van der Waals surface area contributed by atoms with Crippen LogP contribution in [0, 0.1) is 12.3 Å². The zero-order chi connectivity index (χ0) is 16.9. The lowest BCUT2D eigenvalue weighted by atomic mass is 9.78. The summed E-state index contributed by atoms with van der Waals surface area (Å²) in [7, 11) is 0. The summed E-state index contributed by atoms with van der Waals surface area (Å²) in [6, 6.07) is 4.55. The molecule has 2 heterocycles. The van der Waals surface area contributed by atoms with E-state index in [0.717, 1.165) is 36.6 Å². The van der Waals surface area contributed by atoms with Crippen molar-refractivity contribution in [2.24, 2.45) is 5.41 Å². The van der Waals surface area contributed by atoms with Crippen LogP contribution in [0.15, 0.2) is 12.1 Å². The number of nitrogens with zero attached hydrogens (tertiary/aromatic N) is 1. The van der Waals surface area contributed by atoms with Crippen LogP contribution in [0.3, 0.4) is 0 Å². The van der Waals surface area contributed by atoms with Gasteiger partial charge in [-0.2, -0.15) is 0 Å². The van der Waals surface area contributed by atoms with E-state index in [4.69, 9.17) is 6.15 Å². The third-order valence-corrected chi connectivity index (χ3v) is 5.38. The number of hydrogen-bond acceptors (Lipinski definition) is 3. The Labute approximate surface area is 139 Å². The number of likely N-dealkylation sites (tertiary alicyclic amines) is 1. The largest absolute Gasteiger partial charge is 0.494 e. The van der Waals surface area contributed by atoms with Gasteiger partial charge in [-0.15, -0.1) is 0 Å². The number of amides is 1. The Morgan fingerprint density at radius 2 is 2.22 bits per heavy atom. The number of hydrogen-bond donors (Lipinski definition) is 1. The van der Waals surface area contributed by atoms with E-state index in [-0.39, 0.29) is 11.3 Å². The third kappa shape index (κ3) is 2.85. The van der Waals surface area contributed by atoms with E-state index in [0.29, 0.717) is 19.6 Å². The molecule has 1 spiro atoms. The molecule has 4 rings (SSSR count). The summed E-state index contributed by atoms with van der Waals surface area (Å²) in [6.07, 6.45) is 3.14. The molecule has 0 bridgehead atoms. The topological polar surface area (TPSA) is 41.6 Å². The minimum absolute atomic E-state index is 0.0257. The van der Waals surface area contributed by atoms with E-state index in [1.807, 2.05) is 6.92 Å². The second kappa shape index (κ2) is 5.52. The summed E-state index contributed by atoms with van der Waals surface area (Å²) in [5, 5.41) is 1.14. The maximum Gasteiger partial charge on any atom is 0.220 e. The van der Waals surface area contributed by atoms with E-state index in [9.17, 15) is 4.79 Å². The van der Waals surface area contributed by atoms with Gasteiger partial charge in [0.1, 0.15) is 5.75 Å². The summed E-state index contributed by atoms with van der Waals surface area (Å²) in [5.74, 6) is 1.70. The molecule has 1 aliphatic carbocycles. The molecule has 0 atom stereocenters. The maximum absolute atomic E-state index is 11.7. The van der Waals surface area contributed by atoms with Crippen LogP contribution in [0.25, 0.3) is 0 Å². The lowest BCUT2D eigenvalue weighted by molar-refractivity contribution is -0.120. The monoisotopic (exact) mass is 315 g/mol. The highest BCUT2D eigenvalue weighted by Gasteiger charge is 2.48. The molecule has 1 aromatic carbocycles. The fourth-order valence-corrected chi connectivity index (χ4v) is 4.13. The van der Waals surface area contributed by atoms with Crippen molar-refractivity contribution < 1.29 is 10.9 Å². The van der Waals surface area contributed by atoms with Crippen LogP contribution in [-0.2, 0) is 11.3 Å². The lowest BCUT2D eigenvalue weighted by Gasteiger charge is -2.47. The fraction of sp³-hybridized carbons (Fsp3) is 0.632. The molecular weight excluding hydrogens is 288 g/mol. The molecule has 3 aliphatic rings. The predicted molar refractivity (Wildman–Crippen MR) is 89.7 cm³/mol. The predicted octanol–water partition coefficient (Wildman–Crippen LogP) is 2.59. The van der Waals surface area contributed by atoms with Gasteiger partial charge in [0.05, 0.1) is 6.61 Å². The number of nitrogens with one attached hydrogen (secondary N) is 1. The van der Waals surface area contributed by atoms with Gasteiger partial charge in [0.15, 0.2) is 1.41 Å². The Kier molecular flexibility index (Phi) is 3.32. The summed E-state index contributed by atoms with van der Waals surface area (Å²) in [6.45, 7) is 8.22. The first-order valence-electron chi connectivity index (χ1n) is 9.22. The first kappa shape index (κ1) is 13.8. The zero-order valence-corrected chi connectivity index (χ0v) is 14.1. The van der Waals surface area contributed by atoms with Crippen LogP contribution in [0.5, 0.6) is 5.75 Å². The van der Waals surface area contributed by atoms with Crippen molar-refractivity contribution in [3.8, 4) is 5.75 Å². The molecule has 124 valence electrons. The molecule has 4 nitrogen and oxygen atoms in total. The number of rotatable bonds is 5. The highest BCUT2D eigenvalue weighted by molar-refractivity contribution is 5.79. The van der Waals surface area contributed by atoms with E-state index >= 15 is 0 Å². The summed E-state index contributed by atoms with van der Waals surface area (Å²) < 4.78 is 13.5. The number of carbonyl (C=O) groups is 1. The molecule has 1 saturated carbocycles. The average Bonchev–Trinajstić information content (AvgIpc) is 3.28. The standard InChI is InChI=1S/C19H26N2O2/c1-3-23-17-7-15(16(6-13(17)2)14-4-5-14)9-21-11-19(12-21)8-18(22)20-10-19/h6-7,14H,3-5,8-12H2,1-2H3,(H,20,22)/i/hD. The Morgan fingerprint density at radius 3 is 2.83 bits per heavy atom. The molecule has 1 amide bonds. The number of aryl methyl sites for hydroxylation is 1. The summed E-state index contributed by atoms with van der Waals surface area (Å²) in [4.78, 5) is 14.1. The van der Waals surface area contributed by atoms with Crippen LogP contribution in [-0.4, -0.2) is 37.0 Å². The quantitative estimate of drug-likeness (QED) is 0.908. The van der Waals surface area contributed by atoms with Gasteiger partial charge in [0.2, 0.25) is 5.91 Å². The molecule has 23 heavy (non-hydrogen) atoms. The van der Waals surface area contributed by atoms with Gasteiger partial charge in [-0.05, 0) is 55.4 Å². The van der Waals surface area contributed by atoms with E-state index in [2.05, 4.69) is 24.0 Å². The Balaban J connectivity index is 1.48. The molecule has 2 saturated heterocycles. The van der Waals surface area contributed by atoms with Crippen LogP contribution in [0.2, 0.25) is 1.41 Å². The van der Waals surface area contributed by atoms with Crippen LogP contribution >= 0.6 is 0 Å². The molecule has 1 N–H and O–H groups in total. The van der Waals surface area contributed by atoms with Crippen LogP contribution in [0.4, 0.5) is 0 Å². The Bertz CT molecular complexity index is 666. The second-order valence-corrected chi connectivity index (χ2v) is 7.56. The van der Waals surface area contributed by atoms with Crippen LogP contribution < -0.4 is 10.0 Å². The average molecular weight is 315 g/mol. The van der Waals surface area contributed by atoms with Gasteiger partial charge in [0.25, 0.3) is 0 Å². The molecule has 0 unspecified atom stereocenters. The van der Waals surface area contributed by atoms with Gasteiger partial charge in [-0.3, -0.25) is 9.69 Å². The highest BCUT2D eigenvalue weighted by atomic mass is 16.5. The van der Waals surface area contributed by atoms with Gasteiger partial charge < -0.3 is 10.0 Å². The Hall–Kier alpha value is -1.55. The van der Waals surface area contributed by atoms with Crippen molar-refractivity contribution in [3.63, 3.8) is 0 Å². The minimum Gasteiger partial charge on any atom is -0.494 e. The van der Waals surface area contributed by atoms with E-state index in [1.165, 1.54) is 29.5 Å². The Morgan fingerprint density at radius 1 is 1.43 bits per heavy atom. The number of benzene rings is 1. The van der Waals surface area contributed by atoms with Crippen LogP contribution in [0.1, 0.15) is 48.8 Å². The smallest absolute Gasteiger partial charge is 0.220 e. The molecular formula is C19H26N2O2. The third-order valence-electron chi connectivity index (χ3n) is 5.38. The van der Waals surface area contributed by atoms with Crippen molar-refractivity contribution in [3.05, 3.63) is 28.8 Å². The van der Waals surface area contributed by atoms with E-state index < -0.39 is 0 Å². The van der Waals surface area contributed by atoms with Crippen molar-refractivity contribution in [1.82, 2.24) is 10.2 Å². The molecule has 3 fully saturated rings. The van der Waals surface area contributed by atoms with Crippen molar-refractivity contribution >= 4 is 5.91 Å². The maximum atomic E-state index is 11.7. The highest BCUT2D eigenvalue weighted by Crippen LogP contribution is 2.45. The molecule has 0 aromatic heterocycles. The number of ether oxygens (including phenoxy) is 1. The minimum atomic E-state index is -0.0257. The first-order chi connectivity index (χ1) is 11.5. The lowest BCUT2D eigenvalue weighted by Crippen LogP contribution is -2.56. The van der Waals surface area contributed by atoms with Crippen molar-refractivity contribution in [2.45, 2.75) is 45.6 Å². The molecule has 1 aromatic rings. The SMILES string of the molecule is [2H]N1CC2(CC1=O)CN(Cc1cc(OCC)c(C)cc1C1CC1)C2. The molecule has 2 aliphatic heterocycles. The van der Waals surface area contributed by atoms with Gasteiger partial charge in [-0.25, -0.2) is 0 Å². The molecule has 0 radical (unpaired) electrons. The van der Waals surface area contributed by atoms with Gasteiger partial charge >= 0.3 is 0 Å². The van der Waals surface area contributed by atoms with Gasteiger partial charge in [0, 0.05) is 38.0 Å². The van der Waals surface area contributed by atoms with Gasteiger partial charge in [-0.1, -0.05) is 6.07 Å². The zero-order valence-electron chi connectivity index (χ0n) is 15.1. The van der Waals surface area contributed by atoms with Crippen molar-refractivity contribution in [1.29, 1.82) is 0 Å². The second-order valence-electron chi connectivity index (χ2n) is 7.56. The summed E-state index contributed by atoms with van der Waals surface area (Å²) in [5.41, 5.74) is 4.13. The normalized spacial score (nSPS) is 24.0. The fourth-order valence-electron chi connectivity index (χ4n) is 4.13. The van der Waals surface area contributed by atoms with E-state index in [1.54, 1.807) is 0 Å².